The summed E-state index contributed by atoms with van der Waals surface area (Å²) in [6, 6.07) is 17.2. The van der Waals surface area contributed by atoms with E-state index in [1.54, 1.807) is 18.3 Å². The van der Waals surface area contributed by atoms with Crippen LogP contribution >= 0.6 is 12.2 Å². The zero-order valence-corrected chi connectivity index (χ0v) is 15.9. The Kier molecular flexibility index (Phi) is 5.79. The molecule has 1 heterocycles. The molecule has 136 valence electrons. The topological polar surface area (TPSA) is 79.0 Å². The summed E-state index contributed by atoms with van der Waals surface area (Å²) in [4.78, 5) is 0. The third-order valence-corrected chi connectivity index (χ3v) is 4.26. The molecule has 27 heavy (non-hydrogen) atoms. The third-order valence-electron chi connectivity index (χ3n) is 3.99. The maximum Gasteiger partial charge on any atom is 0.216 e. The molecule has 0 aliphatic carbocycles. The Morgan fingerprint density at radius 2 is 1.93 bits per heavy atom. The van der Waals surface area contributed by atoms with Gasteiger partial charge in [0.25, 0.3) is 0 Å². The highest BCUT2D eigenvalue weighted by Crippen LogP contribution is 2.19. The number of ether oxygens (including phenoxy) is 1. The Morgan fingerprint density at radius 1 is 1.22 bits per heavy atom. The minimum Gasteiger partial charge on any atom is -0.486 e. The van der Waals surface area contributed by atoms with Crippen molar-refractivity contribution in [1.29, 1.82) is 5.26 Å². The van der Waals surface area contributed by atoms with Crippen molar-refractivity contribution >= 4 is 18.4 Å². The molecule has 3 aromatic rings. The maximum atomic E-state index is 8.85. The van der Waals surface area contributed by atoms with E-state index in [0.717, 1.165) is 11.3 Å². The van der Waals surface area contributed by atoms with Crippen LogP contribution < -0.4 is 4.74 Å². The fourth-order valence-electron chi connectivity index (χ4n) is 2.40. The number of hydrogen-bond acceptors (Lipinski definition) is 5. The van der Waals surface area contributed by atoms with Gasteiger partial charge in [0.2, 0.25) is 4.77 Å². The van der Waals surface area contributed by atoms with Crippen molar-refractivity contribution in [2.45, 2.75) is 26.4 Å². The van der Waals surface area contributed by atoms with Crippen LogP contribution in [0.15, 0.2) is 53.6 Å². The van der Waals surface area contributed by atoms with E-state index in [1.165, 1.54) is 10.2 Å². The average Bonchev–Trinajstić information content (AvgIpc) is 3.05. The molecule has 0 unspecified atom stereocenters. The number of rotatable bonds is 6. The number of aromatic amines is 1. The zero-order valence-electron chi connectivity index (χ0n) is 15.1. The molecule has 2 aromatic carbocycles. The molecule has 0 fully saturated rings. The Hall–Kier alpha value is -3.24. The Labute approximate surface area is 162 Å². The first kappa shape index (κ1) is 18.5. The zero-order chi connectivity index (χ0) is 19.2. The van der Waals surface area contributed by atoms with Gasteiger partial charge in [-0.05, 0) is 53.5 Å². The Balaban J connectivity index is 1.71. The second-order valence-electron chi connectivity index (χ2n) is 6.25. The van der Waals surface area contributed by atoms with Gasteiger partial charge in [0.05, 0.1) is 17.8 Å². The molecule has 3 rings (SSSR count). The summed E-state index contributed by atoms with van der Waals surface area (Å²) in [5.41, 5.74) is 2.72. The van der Waals surface area contributed by atoms with Gasteiger partial charge >= 0.3 is 0 Å². The quantitative estimate of drug-likeness (QED) is 0.510. The Morgan fingerprint density at radius 3 is 2.56 bits per heavy atom. The molecule has 0 amide bonds. The molecule has 0 radical (unpaired) electrons. The predicted molar refractivity (Wildman–Crippen MR) is 106 cm³/mol. The number of H-pyrrole nitrogens is 1. The van der Waals surface area contributed by atoms with Gasteiger partial charge in [0, 0.05) is 0 Å². The van der Waals surface area contributed by atoms with Crippen LogP contribution in [0.1, 0.15) is 42.3 Å². The molecule has 0 bridgehead atoms. The summed E-state index contributed by atoms with van der Waals surface area (Å²) in [6.45, 7) is 4.54. The van der Waals surface area contributed by atoms with Crippen LogP contribution in [0.2, 0.25) is 0 Å². The van der Waals surface area contributed by atoms with Crippen molar-refractivity contribution in [1.82, 2.24) is 14.9 Å². The van der Waals surface area contributed by atoms with Gasteiger partial charge in [-0.2, -0.15) is 20.1 Å². The lowest BCUT2D eigenvalue weighted by Gasteiger charge is -2.08. The number of nitriles is 1. The van der Waals surface area contributed by atoms with Gasteiger partial charge in [-0.25, -0.2) is 5.10 Å². The first-order valence-electron chi connectivity index (χ1n) is 8.50. The van der Waals surface area contributed by atoms with Crippen molar-refractivity contribution in [2.24, 2.45) is 5.10 Å². The van der Waals surface area contributed by atoms with Crippen LogP contribution in [0.4, 0.5) is 0 Å². The monoisotopic (exact) mass is 377 g/mol. The summed E-state index contributed by atoms with van der Waals surface area (Å²) >= 11 is 5.24. The van der Waals surface area contributed by atoms with Gasteiger partial charge in [0.1, 0.15) is 12.4 Å². The van der Waals surface area contributed by atoms with E-state index >= 15 is 0 Å². The highest BCUT2D eigenvalue weighted by molar-refractivity contribution is 7.71. The van der Waals surface area contributed by atoms with Gasteiger partial charge in [0.15, 0.2) is 5.82 Å². The minimum absolute atomic E-state index is 0.235. The molecule has 0 saturated heterocycles. The SMILES string of the molecule is CC(C)c1ccc(OCc2n[nH]c(=S)n2/N=C\c2ccc(C#N)cc2)cc1. The largest absolute Gasteiger partial charge is 0.486 e. The summed E-state index contributed by atoms with van der Waals surface area (Å²) in [5, 5.41) is 20.1. The van der Waals surface area contributed by atoms with E-state index in [9.17, 15) is 0 Å². The van der Waals surface area contributed by atoms with E-state index in [0.29, 0.717) is 22.1 Å². The van der Waals surface area contributed by atoms with Crippen molar-refractivity contribution in [3.63, 3.8) is 0 Å². The number of benzene rings is 2. The minimum atomic E-state index is 0.235. The first-order chi connectivity index (χ1) is 13.1. The summed E-state index contributed by atoms with van der Waals surface area (Å²) in [5.74, 6) is 1.81. The van der Waals surface area contributed by atoms with Crippen LogP contribution in [-0.4, -0.2) is 21.1 Å². The number of hydrogen-bond donors (Lipinski definition) is 1. The van der Waals surface area contributed by atoms with Gasteiger partial charge in [-0.15, -0.1) is 0 Å². The fraction of sp³-hybridized carbons (Fsp3) is 0.200. The van der Waals surface area contributed by atoms with Crippen LogP contribution in [0, 0.1) is 16.1 Å². The van der Waals surface area contributed by atoms with E-state index < -0.39 is 0 Å². The van der Waals surface area contributed by atoms with Crippen LogP contribution in [0.5, 0.6) is 5.75 Å². The second kappa shape index (κ2) is 8.43. The molecule has 0 aliphatic heterocycles. The number of nitrogens with one attached hydrogen (secondary N) is 1. The van der Waals surface area contributed by atoms with Crippen molar-refractivity contribution in [3.05, 3.63) is 75.8 Å². The summed E-state index contributed by atoms with van der Waals surface area (Å²) in [7, 11) is 0. The second-order valence-corrected chi connectivity index (χ2v) is 6.63. The summed E-state index contributed by atoms with van der Waals surface area (Å²) in [6.07, 6.45) is 1.66. The van der Waals surface area contributed by atoms with Gasteiger partial charge in [-0.1, -0.05) is 38.1 Å². The summed E-state index contributed by atoms with van der Waals surface area (Å²) < 4.78 is 7.71. The van der Waals surface area contributed by atoms with E-state index in [1.807, 2.05) is 24.3 Å². The van der Waals surface area contributed by atoms with Crippen LogP contribution in [0.25, 0.3) is 0 Å². The number of aromatic nitrogens is 3. The fourth-order valence-corrected chi connectivity index (χ4v) is 2.60. The van der Waals surface area contributed by atoms with Crippen molar-refractivity contribution < 1.29 is 4.74 Å². The number of nitrogens with zero attached hydrogens (tertiary/aromatic N) is 4. The highest BCUT2D eigenvalue weighted by Gasteiger charge is 2.07. The third kappa shape index (κ3) is 4.68. The van der Waals surface area contributed by atoms with E-state index in [4.69, 9.17) is 22.2 Å². The van der Waals surface area contributed by atoms with Gasteiger partial charge < -0.3 is 4.74 Å². The standard InChI is InChI=1S/C20H19N5OS/c1-14(2)17-7-9-18(10-8-17)26-13-19-23-24-20(27)25(19)22-12-16-5-3-15(11-21)4-6-16/h3-10,12,14H,13H2,1-2H3,(H,24,27)/b22-12-. The Bertz CT molecular complexity index is 1020. The van der Waals surface area contributed by atoms with E-state index in [-0.39, 0.29) is 6.61 Å². The molecule has 7 heteroatoms. The lowest BCUT2D eigenvalue weighted by atomic mass is 10.0. The predicted octanol–water partition coefficient (Wildman–Crippen LogP) is 4.40. The molecule has 1 N–H and O–H groups in total. The lowest BCUT2D eigenvalue weighted by Crippen LogP contribution is -2.04. The van der Waals surface area contributed by atoms with Crippen LogP contribution in [0.3, 0.4) is 0 Å². The molecular formula is C20H19N5OS. The molecule has 0 spiro atoms. The normalized spacial score (nSPS) is 11.0. The van der Waals surface area contributed by atoms with E-state index in [2.05, 4.69) is 47.3 Å². The molecule has 6 nitrogen and oxygen atoms in total. The molecular weight excluding hydrogens is 358 g/mol. The maximum absolute atomic E-state index is 8.85. The van der Waals surface area contributed by atoms with Crippen LogP contribution in [-0.2, 0) is 6.61 Å². The first-order valence-corrected chi connectivity index (χ1v) is 8.91. The molecule has 0 atom stereocenters. The van der Waals surface area contributed by atoms with Gasteiger partial charge in [-0.3, -0.25) is 0 Å². The lowest BCUT2D eigenvalue weighted by molar-refractivity contribution is 0.290. The molecule has 0 aliphatic rings. The molecule has 1 aromatic heterocycles. The molecule has 0 saturated carbocycles. The average molecular weight is 377 g/mol. The van der Waals surface area contributed by atoms with Crippen molar-refractivity contribution in [2.75, 3.05) is 0 Å². The smallest absolute Gasteiger partial charge is 0.216 e. The highest BCUT2D eigenvalue weighted by atomic mass is 32.1. The van der Waals surface area contributed by atoms with Crippen molar-refractivity contribution in [3.8, 4) is 11.8 Å².